The van der Waals surface area contributed by atoms with Crippen molar-refractivity contribution in [2.24, 2.45) is 0 Å². The van der Waals surface area contributed by atoms with Crippen molar-refractivity contribution in [3.63, 3.8) is 0 Å². The molecule has 17 heavy (non-hydrogen) atoms. The molecule has 0 saturated heterocycles. The molecule has 0 aliphatic rings. The van der Waals surface area contributed by atoms with Crippen molar-refractivity contribution in [3.8, 4) is 6.07 Å². The van der Waals surface area contributed by atoms with Gasteiger partial charge in [0.15, 0.2) is 0 Å². The Morgan fingerprint density at radius 2 is 2.29 bits per heavy atom. The molecule has 3 nitrogen and oxygen atoms in total. The van der Waals surface area contributed by atoms with Gasteiger partial charge in [-0.05, 0) is 35.0 Å². The van der Waals surface area contributed by atoms with Crippen LogP contribution in [0.3, 0.4) is 0 Å². The van der Waals surface area contributed by atoms with Crippen molar-refractivity contribution < 1.29 is 11.3 Å². The third-order valence-corrected chi connectivity index (χ3v) is 3.67. The van der Waals surface area contributed by atoms with Crippen LogP contribution in [0.25, 0.3) is 10.1 Å². The lowest BCUT2D eigenvalue weighted by Crippen LogP contribution is -1.89. The van der Waals surface area contributed by atoms with Crippen LogP contribution in [0.15, 0.2) is 18.2 Å². The second-order valence-electron chi connectivity index (χ2n) is 4.07. The molecule has 0 saturated carbocycles. The minimum absolute atomic E-state index is 0.00139. The van der Waals surface area contributed by atoms with Crippen LogP contribution in [0, 0.1) is 11.3 Å². The number of thiophene rings is 1. The highest BCUT2D eigenvalue weighted by Gasteiger charge is 2.13. The Kier molecular flexibility index (Phi) is 2.54. The molecule has 0 atom stereocenters. The predicted molar refractivity (Wildman–Crippen MR) is 67.6 cm³/mol. The van der Waals surface area contributed by atoms with Crippen LogP contribution in [-0.2, 0) is 0 Å². The quantitative estimate of drug-likeness (QED) is 0.880. The van der Waals surface area contributed by atoms with E-state index in [1.165, 1.54) is 0 Å². The second-order valence-corrected chi connectivity index (χ2v) is 5.09. The standard InChI is InChI=1S/C13H11NO2S/c1-7(2)8-3-9-5-11(13(15)16)17-12(9)10(4-8)6-14/h3-5,7H,1-2H3,(H,15,16)/i5D. The van der Waals surface area contributed by atoms with Crippen LogP contribution in [-0.4, -0.2) is 11.1 Å². The summed E-state index contributed by atoms with van der Waals surface area (Å²) in [6.45, 7) is 3.99. The molecule has 0 amide bonds. The molecule has 1 heterocycles. The molecule has 0 radical (unpaired) electrons. The molecule has 0 aliphatic heterocycles. The Balaban J connectivity index is 2.86. The lowest BCUT2D eigenvalue weighted by Gasteiger charge is -2.05. The van der Waals surface area contributed by atoms with Gasteiger partial charge >= 0.3 is 5.97 Å². The fraction of sp³-hybridized carbons (Fsp3) is 0.231. The van der Waals surface area contributed by atoms with Gasteiger partial charge < -0.3 is 5.11 Å². The zero-order chi connectivity index (χ0) is 13.4. The average Bonchev–Trinajstić information content (AvgIpc) is 2.66. The number of nitriles is 1. The van der Waals surface area contributed by atoms with Crippen molar-refractivity contribution in [2.45, 2.75) is 19.8 Å². The lowest BCUT2D eigenvalue weighted by atomic mass is 9.99. The Bertz CT molecular complexity index is 682. The van der Waals surface area contributed by atoms with Gasteiger partial charge in [0.2, 0.25) is 0 Å². The van der Waals surface area contributed by atoms with E-state index < -0.39 is 5.97 Å². The third kappa shape index (κ3) is 2.02. The maximum absolute atomic E-state index is 11.0. The fourth-order valence-electron chi connectivity index (χ4n) is 1.62. The van der Waals surface area contributed by atoms with Gasteiger partial charge in [0.05, 0.1) is 11.6 Å². The van der Waals surface area contributed by atoms with E-state index in [1.807, 2.05) is 19.9 Å². The van der Waals surface area contributed by atoms with Crippen molar-refractivity contribution >= 4 is 27.4 Å². The van der Waals surface area contributed by atoms with E-state index in [9.17, 15) is 4.79 Å². The normalized spacial score (nSPS) is 11.5. The number of fused-ring (bicyclic) bond motifs is 1. The summed E-state index contributed by atoms with van der Waals surface area (Å²) in [5, 5.41) is 18.7. The summed E-state index contributed by atoms with van der Waals surface area (Å²) in [6, 6.07) is 5.66. The Hall–Kier alpha value is -1.86. The number of carboxylic acids is 1. The summed E-state index contributed by atoms with van der Waals surface area (Å²) in [5.74, 6) is -0.884. The number of carbonyl (C=O) groups is 1. The Morgan fingerprint density at radius 3 is 2.82 bits per heavy atom. The van der Waals surface area contributed by atoms with E-state index in [-0.39, 0.29) is 16.8 Å². The van der Waals surface area contributed by atoms with Crippen molar-refractivity contribution in [1.29, 1.82) is 5.26 Å². The van der Waals surface area contributed by atoms with E-state index in [2.05, 4.69) is 6.07 Å². The van der Waals surface area contributed by atoms with Gasteiger partial charge in [-0.2, -0.15) is 5.26 Å². The van der Waals surface area contributed by atoms with Crippen LogP contribution in [0.4, 0.5) is 0 Å². The molecular weight excluding hydrogens is 234 g/mol. The molecule has 86 valence electrons. The number of nitrogens with zero attached hydrogens (tertiary/aromatic N) is 1. The molecule has 2 aromatic rings. The highest BCUT2D eigenvalue weighted by Crippen LogP contribution is 2.31. The van der Waals surface area contributed by atoms with Crippen LogP contribution in [0.1, 0.15) is 41.9 Å². The lowest BCUT2D eigenvalue weighted by molar-refractivity contribution is 0.0702. The largest absolute Gasteiger partial charge is 0.477 e. The first-order chi connectivity index (χ1) is 8.45. The number of rotatable bonds is 2. The highest BCUT2D eigenvalue weighted by molar-refractivity contribution is 7.21. The smallest absolute Gasteiger partial charge is 0.345 e. The van der Waals surface area contributed by atoms with Crippen LogP contribution in [0.5, 0.6) is 0 Å². The average molecular weight is 246 g/mol. The van der Waals surface area contributed by atoms with E-state index in [0.717, 1.165) is 16.9 Å². The SMILES string of the molecule is [2H]c1c(C(=O)O)sc2c(C#N)cc(C(C)C)cc12. The van der Waals surface area contributed by atoms with Gasteiger partial charge in [0.1, 0.15) is 10.9 Å². The van der Waals surface area contributed by atoms with Gasteiger partial charge in [-0.15, -0.1) is 11.3 Å². The molecule has 1 aromatic heterocycles. The summed E-state index contributed by atoms with van der Waals surface area (Å²) in [5.41, 5.74) is 1.39. The minimum atomic E-state index is -1.11. The summed E-state index contributed by atoms with van der Waals surface area (Å²) in [7, 11) is 0. The number of benzene rings is 1. The van der Waals surface area contributed by atoms with E-state index >= 15 is 0 Å². The Labute approximate surface area is 104 Å². The van der Waals surface area contributed by atoms with Crippen molar-refractivity contribution in [2.75, 3.05) is 0 Å². The zero-order valence-electron chi connectivity index (χ0n) is 10.4. The predicted octanol–water partition coefficient (Wildman–Crippen LogP) is 3.59. The number of aromatic carboxylic acids is 1. The highest BCUT2D eigenvalue weighted by atomic mass is 32.1. The first-order valence-corrected chi connectivity index (χ1v) is 5.97. The summed E-state index contributed by atoms with van der Waals surface area (Å²) >= 11 is 0.994. The Morgan fingerprint density at radius 1 is 1.59 bits per heavy atom. The molecule has 0 aliphatic carbocycles. The van der Waals surface area contributed by atoms with Crippen LogP contribution < -0.4 is 0 Å². The number of hydrogen-bond donors (Lipinski definition) is 1. The molecule has 1 N–H and O–H groups in total. The number of carboxylic acid groups (broad SMARTS) is 1. The maximum atomic E-state index is 11.0. The molecule has 0 spiro atoms. The molecule has 4 heteroatoms. The van der Waals surface area contributed by atoms with Crippen LogP contribution >= 0.6 is 11.3 Å². The molecule has 0 bridgehead atoms. The summed E-state index contributed by atoms with van der Waals surface area (Å²) in [6.07, 6.45) is 0. The van der Waals surface area contributed by atoms with Crippen LogP contribution in [0.2, 0.25) is 0 Å². The second kappa shape index (κ2) is 4.19. The molecule has 2 rings (SSSR count). The number of hydrogen-bond acceptors (Lipinski definition) is 3. The van der Waals surface area contributed by atoms with E-state index in [0.29, 0.717) is 15.6 Å². The van der Waals surface area contributed by atoms with Gasteiger partial charge in [0, 0.05) is 0 Å². The van der Waals surface area contributed by atoms with E-state index in [1.54, 1.807) is 6.07 Å². The van der Waals surface area contributed by atoms with Gasteiger partial charge in [-0.1, -0.05) is 13.8 Å². The first kappa shape index (κ1) is 10.3. The van der Waals surface area contributed by atoms with Gasteiger partial charge in [0.25, 0.3) is 0 Å². The van der Waals surface area contributed by atoms with Gasteiger partial charge in [-0.3, -0.25) is 0 Å². The summed E-state index contributed by atoms with van der Waals surface area (Å²) in [4.78, 5) is 11.0. The van der Waals surface area contributed by atoms with Crippen molar-refractivity contribution in [3.05, 3.63) is 34.2 Å². The first-order valence-electron chi connectivity index (χ1n) is 5.66. The minimum Gasteiger partial charge on any atom is -0.477 e. The third-order valence-electron chi connectivity index (χ3n) is 2.54. The monoisotopic (exact) mass is 246 g/mol. The van der Waals surface area contributed by atoms with Crippen molar-refractivity contribution in [1.82, 2.24) is 0 Å². The topological polar surface area (TPSA) is 61.1 Å². The molecular formula is C13H11NO2S. The fourth-order valence-corrected chi connectivity index (χ4v) is 2.50. The van der Waals surface area contributed by atoms with E-state index in [4.69, 9.17) is 11.7 Å². The maximum Gasteiger partial charge on any atom is 0.345 e. The zero-order valence-corrected chi connectivity index (χ0v) is 10.3. The molecule has 1 aromatic carbocycles. The molecule has 0 fully saturated rings. The van der Waals surface area contributed by atoms with Gasteiger partial charge in [-0.25, -0.2) is 4.79 Å². The molecule has 0 unspecified atom stereocenters. The summed E-state index contributed by atoms with van der Waals surface area (Å²) < 4.78 is 8.47.